The minimum Gasteiger partial charge on any atom is -0.396 e. The number of nitriles is 1. The minimum absolute atomic E-state index is 0.393. The van der Waals surface area contributed by atoms with Gasteiger partial charge in [-0.15, -0.1) is 0 Å². The maximum atomic E-state index is 13.1. The fourth-order valence-electron chi connectivity index (χ4n) is 0.933. The average Bonchev–Trinajstić information content (AvgIpc) is 2.13. The summed E-state index contributed by atoms with van der Waals surface area (Å²) in [6, 6.07) is 2.66. The molecule has 0 aliphatic carbocycles. The van der Waals surface area contributed by atoms with Gasteiger partial charge >= 0.3 is 0 Å². The first-order chi connectivity index (χ1) is 7.35. The van der Waals surface area contributed by atoms with Crippen molar-refractivity contribution in [2.24, 2.45) is 0 Å². The number of nitrogens with one attached hydrogen (secondary N) is 1. The number of rotatable bonds is 3. The molecule has 1 aromatic rings. The highest BCUT2D eigenvalue weighted by Gasteiger charge is 2.14. The van der Waals surface area contributed by atoms with Crippen molar-refractivity contribution in [3.05, 3.63) is 23.8 Å². The third-order valence-electron chi connectivity index (χ3n) is 1.61. The molecule has 0 saturated heterocycles. The van der Waals surface area contributed by atoms with Gasteiger partial charge in [0.2, 0.25) is 10.0 Å². The van der Waals surface area contributed by atoms with E-state index in [-0.39, 0.29) is 0 Å². The van der Waals surface area contributed by atoms with E-state index in [1.807, 2.05) is 0 Å². The van der Waals surface area contributed by atoms with Gasteiger partial charge in [0.25, 0.3) is 0 Å². The second-order valence-corrected chi connectivity index (χ2v) is 4.60. The van der Waals surface area contributed by atoms with E-state index in [2.05, 4.69) is 0 Å². The van der Waals surface area contributed by atoms with Crippen LogP contribution in [-0.2, 0) is 10.0 Å². The normalized spacial score (nSPS) is 10.8. The Morgan fingerprint density at radius 2 is 2.00 bits per heavy atom. The largest absolute Gasteiger partial charge is 0.396 e. The van der Waals surface area contributed by atoms with Crippen LogP contribution in [0.2, 0.25) is 0 Å². The number of nitrogens with zero attached hydrogens (tertiary/aromatic N) is 1. The molecule has 3 N–H and O–H groups in total. The van der Waals surface area contributed by atoms with Gasteiger partial charge in [0.1, 0.15) is 11.6 Å². The Morgan fingerprint density at radius 3 is 2.56 bits per heavy atom. The maximum absolute atomic E-state index is 13.1. The lowest BCUT2D eigenvalue weighted by Gasteiger charge is -2.07. The molecule has 5 nitrogen and oxygen atoms in total. The third kappa shape index (κ3) is 2.80. The van der Waals surface area contributed by atoms with Crippen molar-refractivity contribution in [1.29, 1.82) is 5.26 Å². The quantitative estimate of drug-likeness (QED) is 0.772. The smallest absolute Gasteiger partial charge is 0.246 e. The van der Waals surface area contributed by atoms with E-state index in [0.717, 1.165) is 6.07 Å². The van der Waals surface area contributed by atoms with Crippen LogP contribution in [0.1, 0.15) is 0 Å². The molecule has 8 heteroatoms. The highest BCUT2D eigenvalue weighted by molar-refractivity contribution is 7.92. The van der Waals surface area contributed by atoms with Crippen LogP contribution in [-0.4, -0.2) is 14.2 Å². The second kappa shape index (κ2) is 4.32. The van der Waals surface area contributed by atoms with Crippen molar-refractivity contribution in [2.75, 3.05) is 16.2 Å². The monoisotopic (exact) mass is 247 g/mol. The van der Waals surface area contributed by atoms with Gasteiger partial charge < -0.3 is 5.73 Å². The van der Waals surface area contributed by atoms with E-state index in [1.54, 1.807) is 4.72 Å². The molecule has 0 saturated carbocycles. The molecule has 0 heterocycles. The molecular formula is C8H7F2N3O2S. The van der Waals surface area contributed by atoms with Crippen LogP contribution < -0.4 is 10.5 Å². The molecule has 0 aliphatic rings. The standard InChI is InChI=1S/C8H7F2N3O2S/c9-5-3-6(10)8(4-7(5)12)13-16(14,15)2-1-11/h3-4,13H,2,12H2. The first-order valence-electron chi connectivity index (χ1n) is 3.97. The number of nitrogen functional groups attached to an aromatic ring is 1. The molecule has 0 aromatic heterocycles. The fraction of sp³-hybridized carbons (Fsp3) is 0.125. The van der Waals surface area contributed by atoms with Gasteiger partial charge in [0.05, 0.1) is 17.4 Å². The molecular weight excluding hydrogens is 240 g/mol. The van der Waals surface area contributed by atoms with Crippen LogP contribution >= 0.6 is 0 Å². The van der Waals surface area contributed by atoms with Crippen molar-refractivity contribution in [1.82, 2.24) is 0 Å². The van der Waals surface area contributed by atoms with Crippen LogP contribution in [0.25, 0.3) is 0 Å². The molecule has 0 spiro atoms. The fourth-order valence-corrected chi connectivity index (χ4v) is 1.67. The van der Waals surface area contributed by atoms with E-state index >= 15 is 0 Å². The van der Waals surface area contributed by atoms with Gasteiger partial charge in [-0.1, -0.05) is 0 Å². The Bertz CT molecular complexity index is 551. The van der Waals surface area contributed by atoms with Gasteiger partial charge in [-0.05, 0) is 6.07 Å². The molecule has 0 radical (unpaired) electrons. The van der Waals surface area contributed by atoms with E-state index in [9.17, 15) is 17.2 Å². The summed E-state index contributed by atoms with van der Waals surface area (Å²) < 4.78 is 49.9. The van der Waals surface area contributed by atoms with E-state index in [4.69, 9.17) is 11.0 Å². The highest BCUT2D eigenvalue weighted by atomic mass is 32.2. The summed E-state index contributed by atoms with van der Waals surface area (Å²) in [4.78, 5) is 0. The zero-order chi connectivity index (χ0) is 12.3. The molecule has 16 heavy (non-hydrogen) atoms. The Balaban J connectivity index is 3.08. The number of anilines is 2. The molecule has 0 aliphatic heterocycles. The number of benzene rings is 1. The Labute approximate surface area is 90.5 Å². The Kier molecular flexibility index (Phi) is 3.29. The predicted molar refractivity (Wildman–Crippen MR) is 53.8 cm³/mol. The molecule has 0 unspecified atom stereocenters. The molecule has 1 aromatic carbocycles. The van der Waals surface area contributed by atoms with Crippen molar-refractivity contribution >= 4 is 21.4 Å². The minimum atomic E-state index is -3.97. The Morgan fingerprint density at radius 1 is 1.38 bits per heavy atom. The highest BCUT2D eigenvalue weighted by Crippen LogP contribution is 2.21. The van der Waals surface area contributed by atoms with Gasteiger partial charge in [-0.3, -0.25) is 4.72 Å². The van der Waals surface area contributed by atoms with Crippen LogP contribution in [0.4, 0.5) is 20.2 Å². The summed E-state index contributed by atoms with van der Waals surface area (Å²) in [6.45, 7) is 0. The number of halogens is 2. The lowest BCUT2D eigenvalue weighted by atomic mass is 10.2. The van der Waals surface area contributed by atoms with Gasteiger partial charge in [0, 0.05) is 6.07 Å². The van der Waals surface area contributed by atoms with Crippen molar-refractivity contribution in [3.8, 4) is 6.07 Å². The van der Waals surface area contributed by atoms with Gasteiger partial charge in [-0.25, -0.2) is 17.2 Å². The number of sulfonamides is 1. The number of nitrogens with two attached hydrogens (primary N) is 1. The molecule has 0 fully saturated rings. The summed E-state index contributed by atoms with van der Waals surface area (Å²) in [6.07, 6.45) is 0. The third-order valence-corrected chi connectivity index (χ3v) is 2.65. The summed E-state index contributed by atoms with van der Waals surface area (Å²) in [5.74, 6) is -2.92. The van der Waals surface area contributed by atoms with Crippen LogP contribution in [0.3, 0.4) is 0 Å². The molecule has 1 rings (SSSR count). The number of hydrogen-bond acceptors (Lipinski definition) is 4. The van der Waals surface area contributed by atoms with E-state index < -0.39 is 38.8 Å². The summed E-state index contributed by atoms with van der Waals surface area (Å²) in [7, 11) is -3.97. The SMILES string of the molecule is N#CCS(=O)(=O)Nc1cc(N)c(F)cc1F. The van der Waals surface area contributed by atoms with Crippen LogP contribution in [0.5, 0.6) is 0 Å². The lowest BCUT2D eigenvalue weighted by Crippen LogP contribution is -2.16. The number of hydrogen-bond donors (Lipinski definition) is 2. The maximum Gasteiger partial charge on any atom is 0.246 e. The summed E-state index contributed by atoms with van der Waals surface area (Å²) in [5, 5.41) is 8.20. The van der Waals surface area contributed by atoms with Crippen LogP contribution in [0.15, 0.2) is 12.1 Å². The van der Waals surface area contributed by atoms with Gasteiger partial charge in [-0.2, -0.15) is 5.26 Å². The zero-order valence-electron chi connectivity index (χ0n) is 7.87. The molecule has 86 valence electrons. The Hall–Kier alpha value is -1.88. The average molecular weight is 247 g/mol. The van der Waals surface area contributed by atoms with E-state index in [0.29, 0.717) is 6.07 Å². The van der Waals surface area contributed by atoms with Crippen molar-refractivity contribution < 1.29 is 17.2 Å². The second-order valence-electron chi connectivity index (χ2n) is 2.87. The molecule has 0 atom stereocenters. The molecule has 0 bridgehead atoms. The lowest BCUT2D eigenvalue weighted by molar-refractivity contribution is 0.586. The zero-order valence-corrected chi connectivity index (χ0v) is 8.68. The molecule has 0 amide bonds. The van der Waals surface area contributed by atoms with Gasteiger partial charge in [0.15, 0.2) is 5.75 Å². The predicted octanol–water partition coefficient (Wildman–Crippen LogP) is 0.812. The first-order valence-corrected chi connectivity index (χ1v) is 5.63. The summed E-state index contributed by atoms with van der Waals surface area (Å²) in [5.41, 5.74) is 4.26. The van der Waals surface area contributed by atoms with Crippen molar-refractivity contribution in [2.45, 2.75) is 0 Å². The topological polar surface area (TPSA) is 96.0 Å². The van der Waals surface area contributed by atoms with Crippen molar-refractivity contribution in [3.63, 3.8) is 0 Å². The van der Waals surface area contributed by atoms with Crippen LogP contribution in [0, 0.1) is 23.0 Å². The first kappa shape index (κ1) is 12.2. The van der Waals surface area contributed by atoms with E-state index in [1.165, 1.54) is 6.07 Å². The summed E-state index contributed by atoms with van der Waals surface area (Å²) >= 11 is 0.